The number of hydrogen-bond acceptors (Lipinski definition) is 6. The summed E-state index contributed by atoms with van der Waals surface area (Å²) in [5, 5.41) is 12.1. The van der Waals surface area contributed by atoms with E-state index in [0.717, 1.165) is 34.1 Å². The molecule has 1 atom stereocenters. The molecule has 0 fully saturated rings. The predicted octanol–water partition coefficient (Wildman–Crippen LogP) is 4.84. The number of fused-ring (bicyclic) bond motifs is 1. The van der Waals surface area contributed by atoms with Gasteiger partial charge in [0.2, 0.25) is 12.7 Å². The number of amides is 1. The lowest BCUT2D eigenvalue weighted by molar-refractivity contribution is -0.115. The third kappa shape index (κ3) is 4.70. The number of aromatic nitrogens is 3. The summed E-state index contributed by atoms with van der Waals surface area (Å²) < 4.78 is 13.0. The molecule has 33 heavy (non-hydrogen) atoms. The fraction of sp³-hybridized carbons (Fsp3) is 0.160. The van der Waals surface area contributed by atoms with E-state index in [1.54, 1.807) is 0 Å². The number of nitrogens with one attached hydrogen (secondary N) is 1. The summed E-state index contributed by atoms with van der Waals surface area (Å²) in [6.07, 6.45) is 0. The Kier molecular flexibility index (Phi) is 5.99. The second-order valence-corrected chi connectivity index (χ2v) is 8.87. The Labute approximate surface area is 195 Å². The van der Waals surface area contributed by atoms with E-state index in [0.29, 0.717) is 11.7 Å². The van der Waals surface area contributed by atoms with E-state index in [1.165, 1.54) is 11.8 Å². The van der Waals surface area contributed by atoms with Crippen LogP contribution in [0.25, 0.3) is 11.4 Å². The smallest absolute Gasteiger partial charge is 0.237 e. The fourth-order valence-corrected chi connectivity index (χ4v) is 4.37. The highest BCUT2D eigenvalue weighted by molar-refractivity contribution is 8.00. The molecule has 0 saturated carbocycles. The van der Waals surface area contributed by atoms with Crippen molar-refractivity contribution in [1.82, 2.24) is 14.8 Å². The van der Waals surface area contributed by atoms with Crippen molar-refractivity contribution in [2.24, 2.45) is 0 Å². The van der Waals surface area contributed by atoms with E-state index < -0.39 is 0 Å². The lowest BCUT2D eigenvalue weighted by atomic mass is 10.2. The Hall–Kier alpha value is -3.78. The third-order valence-electron chi connectivity index (χ3n) is 5.22. The largest absolute Gasteiger partial charge is 0.454 e. The molecule has 1 aliphatic heterocycles. The molecule has 0 saturated heterocycles. The average molecular weight is 459 g/mol. The van der Waals surface area contributed by atoms with E-state index in [1.807, 2.05) is 90.4 Å². The summed E-state index contributed by atoms with van der Waals surface area (Å²) in [5.41, 5.74) is 2.75. The van der Waals surface area contributed by atoms with Gasteiger partial charge in [-0.2, -0.15) is 0 Å². The number of hydrogen-bond donors (Lipinski definition) is 1. The molecule has 0 aliphatic carbocycles. The second kappa shape index (κ2) is 9.38. The van der Waals surface area contributed by atoms with Crippen LogP contribution in [0.4, 0.5) is 5.69 Å². The molecule has 0 spiro atoms. The first-order valence-corrected chi connectivity index (χ1v) is 11.4. The van der Waals surface area contributed by atoms with Gasteiger partial charge in [0.1, 0.15) is 0 Å². The van der Waals surface area contributed by atoms with Crippen molar-refractivity contribution >= 4 is 23.4 Å². The minimum atomic E-state index is -0.367. The van der Waals surface area contributed by atoms with Gasteiger partial charge >= 0.3 is 0 Å². The van der Waals surface area contributed by atoms with Crippen LogP contribution in [0.3, 0.4) is 0 Å². The van der Waals surface area contributed by atoms with Gasteiger partial charge in [-0.05, 0) is 36.8 Å². The zero-order valence-electron chi connectivity index (χ0n) is 18.0. The zero-order valence-corrected chi connectivity index (χ0v) is 18.8. The van der Waals surface area contributed by atoms with Crippen molar-refractivity contribution < 1.29 is 14.3 Å². The molecular formula is C25H22N4O3S. The molecule has 1 amide bonds. The molecule has 7 nitrogen and oxygen atoms in total. The Bertz CT molecular complexity index is 1260. The molecule has 4 aromatic rings. The average Bonchev–Trinajstić information content (AvgIpc) is 3.47. The molecule has 2 heterocycles. The number of thioether (sulfide) groups is 1. The summed E-state index contributed by atoms with van der Waals surface area (Å²) in [5.74, 6) is 2.12. The first-order valence-electron chi connectivity index (χ1n) is 10.6. The van der Waals surface area contributed by atoms with Gasteiger partial charge in [0.15, 0.2) is 22.5 Å². The third-order valence-corrected chi connectivity index (χ3v) is 6.30. The van der Waals surface area contributed by atoms with Gasteiger partial charge in [-0.25, -0.2) is 0 Å². The molecule has 0 unspecified atom stereocenters. The van der Waals surface area contributed by atoms with E-state index in [-0.39, 0.29) is 18.0 Å². The second-order valence-electron chi connectivity index (χ2n) is 7.56. The van der Waals surface area contributed by atoms with Crippen molar-refractivity contribution in [2.45, 2.75) is 23.9 Å². The van der Waals surface area contributed by atoms with Crippen molar-refractivity contribution in [3.8, 4) is 22.9 Å². The SMILES string of the molecule is C[C@@H](Sc1nnc(-c2ccccc2)n1Cc1ccc2c(c1)OCO2)C(=O)Nc1ccccc1. The van der Waals surface area contributed by atoms with Gasteiger partial charge in [-0.3, -0.25) is 9.36 Å². The van der Waals surface area contributed by atoms with Crippen molar-refractivity contribution in [1.29, 1.82) is 0 Å². The number of rotatable bonds is 7. The normalized spacial score (nSPS) is 13.0. The number of para-hydroxylation sites is 1. The van der Waals surface area contributed by atoms with Gasteiger partial charge in [-0.1, -0.05) is 66.4 Å². The molecule has 1 N–H and O–H groups in total. The summed E-state index contributed by atoms with van der Waals surface area (Å²) in [7, 11) is 0. The van der Waals surface area contributed by atoms with Crippen LogP contribution in [0.1, 0.15) is 12.5 Å². The summed E-state index contributed by atoms with van der Waals surface area (Å²) in [6.45, 7) is 2.63. The number of anilines is 1. The number of carbonyl (C=O) groups is 1. The Balaban J connectivity index is 1.42. The monoisotopic (exact) mass is 458 g/mol. The van der Waals surface area contributed by atoms with Gasteiger partial charge in [0.25, 0.3) is 0 Å². The van der Waals surface area contributed by atoms with E-state index in [2.05, 4.69) is 15.5 Å². The standard InChI is InChI=1S/C25H22N4O3S/c1-17(24(30)26-20-10-6-3-7-11-20)33-25-28-27-23(19-8-4-2-5-9-19)29(25)15-18-12-13-21-22(14-18)32-16-31-21/h2-14,17H,15-16H2,1H3,(H,26,30)/t17-/m1/s1. The van der Waals surface area contributed by atoms with Crippen LogP contribution >= 0.6 is 11.8 Å². The first kappa shape index (κ1) is 21.1. The molecular weight excluding hydrogens is 436 g/mol. The van der Waals surface area contributed by atoms with Gasteiger partial charge in [0, 0.05) is 11.3 Å². The summed E-state index contributed by atoms with van der Waals surface area (Å²) in [4.78, 5) is 12.8. The zero-order chi connectivity index (χ0) is 22.6. The van der Waals surface area contributed by atoms with E-state index >= 15 is 0 Å². The van der Waals surface area contributed by atoms with Crippen molar-refractivity contribution in [2.75, 3.05) is 12.1 Å². The molecule has 1 aromatic heterocycles. The van der Waals surface area contributed by atoms with Crippen LogP contribution in [0.5, 0.6) is 11.5 Å². The maximum atomic E-state index is 12.8. The maximum Gasteiger partial charge on any atom is 0.237 e. The summed E-state index contributed by atoms with van der Waals surface area (Å²) in [6, 6.07) is 25.2. The van der Waals surface area contributed by atoms with Gasteiger partial charge in [-0.15, -0.1) is 10.2 Å². The number of carbonyl (C=O) groups excluding carboxylic acids is 1. The molecule has 0 bridgehead atoms. The maximum absolute atomic E-state index is 12.8. The Morgan fingerprint density at radius 1 is 1.00 bits per heavy atom. The Morgan fingerprint density at radius 2 is 1.73 bits per heavy atom. The minimum Gasteiger partial charge on any atom is -0.454 e. The minimum absolute atomic E-state index is 0.0925. The molecule has 0 radical (unpaired) electrons. The highest BCUT2D eigenvalue weighted by Crippen LogP contribution is 2.34. The highest BCUT2D eigenvalue weighted by atomic mass is 32.2. The fourth-order valence-electron chi connectivity index (χ4n) is 3.52. The lowest BCUT2D eigenvalue weighted by Crippen LogP contribution is -2.23. The van der Waals surface area contributed by atoms with Crippen LogP contribution in [-0.4, -0.2) is 32.7 Å². The van der Waals surface area contributed by atoms with Crippen LogP contribution < -0.4 is 14.8 Å². The van der Waals surface area contributed by atoms with Gasteiger partial charge < -0.3 is 14.8 Å². The molecule has 8 heteroatoms. The Morgan fingerprint density at radius 3 is 2.52 bits per heavy atom. The van der Waals surface area contributed by atoms with Crippen LogP contribution in [0.2, 0.25) is 0 Å². The molecule has 166 valence electrons. The lowest BCUT2D eigenvalue weighted by Gasteiger charge is -2.14. The first-order chi connectivity index (χ1) is 16.2. The molecule has 5 rings (SSSR count). The van der Waals surface area contributed by atoms with Crippen molar-refractivity contribution in [3.63, 3.8) is 0 Å². The van der Waals surface area contributed by atoms with Gasteiger partial charge in [0.05, 0.1) is 11.8 Å². The van der Waals surface area contributed by atoms with Crippen LogP contribution in [-0.2, 0) is 11.3 Å². The van der Waals surface area contributed by atoms with E-state index in [4.69, 9.17) is 9.47 Å². The number of nitrogens with zero attached hydrogens (tertiary/aromatic N) is 3. The van der Waals surface area contributed by atoms with E-state index in [9.17, 15) is 4.79 Å². The van der Waals surface area contributed by atoms with Crippen LogP contribution in [0.15, 0.2) is 84.0 Å². The number of benzene rings is 3. The molecule has 1 aliphatic rings. The highest BCUT2D eigenvalue weighted by Gasteiger charge is 2.22. The number of ether oxygens (including phenoxy) is 2. The quantitative estimate of drug-likeness (QED) is 0.399. The summed E-state index contributed by atoms with van der Waals surface area (Å²) >= 11 is 1.38. The topological polar surface area (TPSA) is 78.3 Å². The molecule has 3 aromatic carbocycles. The predicted molar refractivity (Wildman–Crippen MR) is 128 cm³/mol. The van der Waals surface area contributed by atoms with Crippen molar-refractivity contribution in [3.05, 3.63) is 84.4 Å². The van der Waals surface area contributed by atoms with Crippen LogP contribution in [0, 0.1) is 0 Å².